The fraction of sp³-hybridized carbons (Fsp3) is 0.316. The van der Waals surface area contributed by atoms with Crippen LogP contribution < -0.4 is 10.5 Å². The number of likely N-dealkylation sites (tertiary alicyclic amines) is 1. The molecule has 8 nitrogen and oxygen atoms in total. The predicted octanol–water partition coefficient (Wildman–Crippen LogP) is 1.45. The summed E-state index contributed by atoms with van der Waals surface area (Å²) >= 11 is 0. The molecule has 8 heteroatoms. The van der Waals surface area contributed by atoms with Crippen molar-refractivity contribution in [2.24, 2.45) is 0 Å². The fourth-order valence-corrected chi connectivity index (χ4v) is 3.56. The number of carbonyl (C=O) groups excluding carboxylic acids is 1. The van der Waals surface area contributed by atoms with Crippen LogP contribution in [-0.2, 0) is 0 Å². The summed E-state index contributed by atoms with van der Waals surface area (Å²) in [7, 11) is 2.02. The molecule has 1 amide bonds. The van der Waals surface area contributed by atoms with Crippen LogP contribution in [0, 0.1) is 0 Å². The van der Waals surface area contributed by atoms with Crippen LogP contribution in [0.2, 0.25) is 0 Å². The van der Waals surface area contributed by atoms with Crippen molar-refractivity contribution >= 4 is 22.5 Å². The third-order valence-electron chi connectivity index (χ3n) is 5.13. The number of hydrogen-bond acceptors (Lipinski definition) is 6. The number of H-pyrrole nitrogens is 1. The summed E-state index contributed by atoms with van der Waals surface area (Å²) in [4.78, 5) is 37.1. The first-order valence-electron chi connectivity index (χ1n) is 8.90. The highest BCUT2D eigenvalue weighted by Gasteiger charge is 2.28. The Hall–Kier alpha value is -3.29. The molecule has 0 bridgehead atoms. The van der Waals surface area contributed by atoms with Crippen molar-refractivity contribution in [1.82, 2.24) is 25.1 Å². The van der Waals surface area contributed by atoms with Crippen molar-refractivity contribution in [2.75, 3.05) is 25.0 Å². The average molecular weight is 364 g/mol. The van der Waals surface area contributed by atoms with Crippen LogP contribution in [0.5, 0.6) is 0 Å². The van der Waals surface area contributed by atoms with Crippen LogP contribution in [0.1, 0.15) is 23.3 Å². The van der Waals surface area contributed by atoms with E-state index >= 15 is 0 Å². The Bertz CT molecular complexity index is 1010. The lowest BCUT2D eigenvalue weighted by Gasteiger charge is -2.37. The van der Waals surface area contributed by atoms with Gasteiger partial charge in [0.2, 0.25) is 0 Å². The number of benzene rings is 1. The molecule has 0 spiro atoms. The molecular formula is C19H20N6O2. The minimum Gasteiger partial charge on any atom is -0.356 e. The first kappa shape index (κ1) is 17.1. The van der Waals surface area contributed by atoms with Gasteiger partial charge >= 0.3 is 0 Å². The highest BCUT2D eigenvalue weighted by Crippen LogP contribution is 2.22. The summed E-state index contributed by atoms with van der Waals surface area (Å²) in [5.74, 6) is 0.730. The van der Waals surface area contributed by atoms with E-state index in [9.17, 15) is 9.59 Å². The molecule has 1 aromatic carbocycles. The molecule has 0 aliphatic carbocycles. The Kier molecular flexibility index (Phi) is 4.53. The zero-order valence-electron chi connectivity index (χ0n) is 15.0. The molecule has 3 heterocycles. The first-order chi connectivity index (χ1) is 13.1. The summed E-state index contributed by atoms with van der Waals surface area (Å²) in [6.07, 6.45) is 4.95. The first-order valence-corrected chi connectivity index (χ1v) is 8.90. The monoisotopic (exact) mass is 364 g/mol. The summed E-state index contributed by atoms with van der Waals surface area (Å²) in [5.41, 5.74) is 0.0140. The highest BCUT2D eigenvalue weighted by atomic mass is 16.2. The van der Waals surface area contributed by atoms with Gasteiger partial charge < -0.3 is 9.80 Å². The molecule has 1 aliphatic heterocycles. The van der Waals surface area contributed by atoms with Crippen molar-refractivity contribution < 1.29 is 4.79 Å². The van der Waals surface area contributed by atoms with Crippen LogP contribution in [0.3, 0.4) is 0 Å². The second-order valence-corrected chi connectivity index (χ2v) is 6.65. The van der Waals surface area contributed by atoms with Crippen molar-refractivity contribution in [1.29, 1.82) is 0 Å². The van der Waals surface area contributed by atoms with Crippen LogP contribution in [-0.4, -0.2) is 57.2 Å². The topological polar surface area (TPSA) is 95.1 Å². The summed E-state index contributed by atoms with van der Waals surface area (Å²) < 4.78 is 0. The lowest BCUT2D eigenvalue weighted by atomic mass is 10.0. The van der Waals surface area contributed by atoms with Crippen molar-refractivity contribution in [3.05, 3.63) is 58.9 Å². The molecule has 1 aliphatic rings. The third-order valence-corrected chi connectivity index (χ3v) is 5.13. The van der Waals surface area contributed by atoms with Crippen molar-refractivity contribution in [3.8, 4) is 0 Å². The van der Waals surface area contributed by atoms with E-state index < -0.39 is 0 Å². The Morgan fingerprint density at radius 3 is 2.63 bits per heavy atom. The van der Waals surface area contributed by atoms with Gasteiger partial charge in [0, 0.05) is 37.8 Å². The molecule has 0 unspecified atom stereocenters. The van der Waals surface area contributed by atoms with E-state index in [1.54, 1.807) is 29.3 Å². The van der Waals surface area contributed by atoms with E-state index in [1.807, 2.05) is 19.2 Å². The van der Waals surface area contributed by atoms with Crippen LogP contribution in [0.15, 0.2) is 47.7 Å². The van der Waals surface area contributed by atoms with E-state index in [0.717, 1.165) is 18.7 Å². The maximum absolute atomic E-state index is 13.0. The zero-order chi connectivity index (χ0) is 18.8. The van der Waals surface area contributed by atoms with Gasteiger partial charge in [-0.25, -0.2) is 15.1 Å². The fourth-order valence-electron chi connectivity index (χ4n) is 3.56. The molecule has 1 fully saturated rings. The Morgan fingerprint density at radius 1 is 1.19 bits per heavy atom. The molecule has 27 heavy (non-hydrogen) atoms. The van der Waals surface area contributed by atoms with Gasteiger partial charge in [-0.15, -0.1) is 0 Å². The number of nitrogens with zero attached hydrogens (tertiary/aromatic N) is 5. The Labute approximate surface area is 155 Å². The number of aromatic amines is 1. The van der Waals surface area contributed by atoms with Crippen LogP contribution in [0.4, 0.5) is 5.82 Å². The van der Waals surface area contributed by atoms with E-state index in [1.165, 1.54) is 6.33 Å². The molecule has 0 atom stereocenters. The number of carbonyl (C=O) groups is 1. The third kappa shape index (κ3) is 3.25. The van der Waals surface area contributed by atoms with Crippen molar-refractivity contribution in [3.63, 3.8) is 0 Å². The maximum atomic E-state index is 13.0. The summed E-state index contributed by atoms with van der Waals surface area (Å²) in [6.45, 7) is 1.27. The van der Waals surface area contributed by atoms with E-state index in [0.29, 0.717) is 35.6 Å². The molecule has 0 radical (unpaired) electrons. The number of amides is 1. The highest BCUT2D eigenvalue weighted by molar-refractivity contribution is 6.04. The summed E-state index contributed by atoms with van der Waals surface area (Å²) in [5, 5.41) is 7.53. The Morgan fingerprint density at radius 2 is 1.93 bits per heavy atom. The second kappa shape index (κ2) is 7.14. The standard InChI is InChI=1S/C19H20N6O2/c1-24(16-6-9-20-12-21-16)13-7-10-25(11-8-13)19(27)17-14-4-2-3-5-15(14)18(26)23-22-17/h2-6,9,12-13H,7-8,10-11H2,1H3,(H,23,26). The molecule has 4 rings (SSSR count). The van der Waals surface area contributed by atoms with Gasteiger partial charge in [0.15, 0.2) is 5.69 Å². The zero-order valence-corrected chi connectivity index (χ0v) is 15.0. The minimum absolute atomic E-state index is 0.148. The van der Waals surface area contributed by atoms with Gasteiger partial charge in [0.25, 0.3) is 11.5 Å². The van der Waals surface area contributed by atoms with Gasteiger partial charge in [-0.2, -0.15) is 5.10 Å². The maximum Gasteiger partial charge on any atom is 0.274 e. The van der Waals surface area contributed by atoms with E-state index in [4.69, 9.17) is 0 Å². The van der Waals surface area contributed by atoms with E-state index in [-0.39, 0.29) is 11.5 Å². The number of nitrogens with one attached hydrogen (secondary N) is 1. The molecule has 0 saturated carbocycles. The number of piperidine rings is 1. The molecule has 2 aromatic heterocycles. The smallest absolute Gasteiger partial charge is 0.274 e. The number of anilines is 1. The predicted molar refractivity (Wildman–Crippen MR) is 102 cm³/mol. The van der Waals surface area contributed by atoms with Gasteiger partial charge in [0.1, 0.15) is 12.1 Å². The quantitative estimate of drug-likeness (QED) is 0.756. The van der Waals surface area contributed by atoms with Crippen molar-refractivity contribution in [2.45, 2.75) is 18.9 Å². The normalized spacial score (nSPS) is 15.1. The molecule has 1 saturated heterocycles. The number of hydrogen-bond donors (Lipinski definition) is 1. The average Bonchev–Trinajstić information content (AvgIpc) is 2.74. The molecule has 3 aromatic rings. The SMILES string of the molecule is CN(c1ccncn1)C1CCN(C(=O)c2n[nH]c(=O)c3ccccc23)CC1. The lowest BCUT2D eigenvalue weighted by Crippen LogP contribution is -2.46. The second-order valence-electron chi connectivity index (χ2n) is 6.65. The van der Waals surface area contributed by atoms with Gasteiger partial charge in [-0.05, 0) is 25.0 Å². The largest absolute Gasteiger partial charge is 0.356 e. The molecule has 138 valence electrons. The van der Waals surface area contributed by atoms with Gasteiger partial charge in [-0.1, -0.05) is 18.2 Å². The van der Waals surface area contributed by atoms with Gasteiger partial charge in [0.05, 0.1) is 5.39 Å². The minimum atomic E-state index is -0.285. The number of rotatable bonds is 3. The van der Waals surface area contributed by atoms with Crippen LogP contribution in [0.25, 0.3) is 10.8 Å². The number of fused-ring (bicyclic) bond motifs is 1. The molecule has 1 N–H and O–H groups in total. The van der Waals surface area contributed by atoms with Crippen LogP contribution >= 0.6 is 0 Å². The number of aromatic nitrogens is 4. The Balaban J connectivity index is 1.50. The molecular weight excluding hydrogens is 344 g/mol. The lowest BCUT2D eigenvalue weighted by molar-refractivity contribution is 0.0708. The summed E-state index contributed by atoms with van der Waals surface area (Å²) in [6, 6.07) is 9.25. The van der Waals surface area contributed by atoms with Gasteiger partial charge in [-0.3, -0.25) is 9.59 Å². The van der Waals surface area contributed by atoms with E-state index in [2.05, 4.69) is 25.1 Å².